The van der Waals surface area contributed by atoms with Gasteiger partial charge in [0.05, 0.1) is 4.90 Å². The summed E-state index contributed by atoms with van der Waals surface area (Å²) in [6.07, 6.45) is 0. The van der Waals surface area contributed by atoms with Crippen molar-refractivity contribution in [2.24, 2.45) is 0 Å². The van der Waals surface area contributed by atoms with Gasteiger partial charge in [0.1, 0.15) is 0 Å². The molecule has 0 radical (unpaired) electrons. The molecule has 0 aliphatic carbocycles. The van der Waals surface area contributed by atoms with Gasteiger partial charge in [-0.2, -0.15) is 4.31 Å². The first-order chi connectivity index (χ1) is 9.75. The van der Waals surface area contributed by atoms with E-state index in [-0.39, 0.29) is 5.54 Å². The standard InChI is InChI=1S/C15H23ClN2O2S/c1-15(2,3)17-8-10-18(11-9-17)21(19,20)14-6-4-13(12-16)5-7-14/h4-7H,8-12H2,1-3H3. The summed E-state index contributed by atoms with van der Waals surface area (Å²) in [5.74, 6) is 0.393. The molecule has 21 heavy (non-hydrogen) atoms. The SMILES string of the molecule is CC(C)(C)N1CCN(S(=O)(=O)c2ccc(CCl)cc2)CC1. The molecular formula is C15H23ClN2O2S. The fraction of sp³-hybridized carbons (Fsp3) is 0.600. The predicted octanol–water partition coefficient (Wildman–Crippen LogP) is 2.53. The minimum absolute atomic E-state index is 0.0812. The molecule has 0 spiro atoms. The van der Waals surface area contributed by atoms with Crippen LogP contribution in [0.1, 0.15) is 26.3 Å². The van der Waals surface area contributed by atoms with E-state index in [9.17, 15) is 8.42 Å². The van der Waals surface area contributed by atoms with Crippen LogP contribution in [0.4, 0.5) is 0 Å². The van der Waals surface area contributed by atoms with Crippen molar-refractivity contribution in [2.75, 3.05) is 26.2 Å². The molecule has 1 fully saturated rings. The summed E-state index contributed by atoms with van der Waals surface area (Å²) in [6, 6.07) is 6.82. The summed E-state index contributed by atoms with van der Waals surface area (Å²) < 4.78 is 26.8. The molecule has 0 unspecified atom stereocenters. The molecule has 1 aromatic rings. The summed E-state index contributed by atoms with van der Waals surface area (Å²) in [6.45, 7) is 9.07. The Morgan fingerprint density at radius 1 is 1.05 bits per heavy atom. The van der Waals surface area contributed by atoms with Gasteiger partial charge in [-0.05, 0) is 38.5 Å². The number of sulfonamides is 1. The topological polar surface area (TPSA) is 40.6 Å². The number of hydrogen-bond donors (Lipinski definition) is 0. The highest BCUT2D eigenvalue weighted by Gasteiger charge is 2.31. The predicted molar refractivity (Wildman–Crippen MR) is 86.1 cm³/mol. The average Bonchev–Trinajstić information content (AvgIpc) is 2.46. The quantitative estimate of drug-likeness (QED) is 0.800. The summed E-state index contributed by atoms with van der Waals surface area (Å²) in [7, 11) is -3.39. The second-order valence-electron chi connectivity index (χ2n) is 6.34. The minimum Gasteiger partial charge on any atom is -0.296 e. The fourth-order valence-electron chi connectivity index (χ4n) is 2.50. The third-order valence-electron chi connectivity index (χ3n) is 3.90. The van der Waals surface area contributed by atoms with Crippen molar-refractivity contribution in [2.45, 2.75) is 37.1 Å². The number of halogens is 1. The molecule has 2 rings (SSSR count). The third kappa shape index (κ3) is 3.77. The van der Waals surface area contributed by atoms with E-state index >= 15 is 0 Å². The molecule has 0 amide bonds. The molecule has 0 aromatic heterocycles. The number of rotatable bonds is 3. The summed E-state index contributed by atoms with van der Waals surface area (Å²) in [5.41, 5.74) is 1.01. The van der Waals surface area contributed by atoms with Gasteiger partial charge < -0.3 is 0 Å². The number of hydrogen-bond acceptors (Lipinski definition) is 3. The van der Waals surface area contributed by atoms with E-state index in [2.05, 4.69) is 25.7 Å². The van der Waals surface area contributed by atoms with Crippen LogP contribution in [0, 0.1) is 0 Å². The van der Waals surface area contributed by atoms with Gasteiger partial charge >= 0.3 is 0 Å². The highest BCUT2D eigenvalue weighted by molar-refractivity contribution is 7.89. The lowest BCUT2D eigenvalue weighted by Crippen LogP contribution is -2.54. The van der Waals surface area contributed by atoms with Crippen LogP contribution in [0.15, 0.2) is 29.2 Å². The van der Waals surface area contributed by atoms with Gasteiger partial charge in [0.2, 0.25) is 10.0 Å². The van der Waals surface area contributed by atoms with E-state index in [0.29, 0.717) is 23.9 Å². The zero-order valence-corrected chi connectivity index (χ0v) is 14.4. The van der Waals surface area contributed by atoms with Crippen LogP contribution in [0.25, 0.3) is 0 Å². The number of piperazine rings is 1. The van der Waals surface area contributed by atoms with Gasteiger partial charge in [0, 0.05) is 37.6 Å². The first-order valence-electron chi connectivity index (χ1n) is 7.15. The van der Waals surface area contributed by atoms with Gasteiger partial charge in [0.15, 0.2) is 0 Å². The summed E-state index contributed by atoms with van der Waals surface area (Å²) in [4.78, 5) is 2.66. The number of nitrogens with zero attached hydrogens (tertiary/aromatic N) is 2. The van der Waals surface area contributed by atoms with E-state index in [0.717, 1.165) is 18.7 Å². The Hall–Kier alpha value is -0.620. The lowest BCUT2D eigenvalue weighted by atomic mass is 10.1. The zero-order chi connectivity index (χ0) is 15.7. The highest BCUT2D eigenvalue weighted by atomic mass is 35.5. The molecule has 0 atom stereocenters. The van der Waals surface area contributed by atoms with Crippen molar-refractivity contribution in [3.63, 3.8) is 0 Å². The molecule has 1 aliphatic rings. The molecule has 0 N–H and O–H groups in total. The smallest absolute Gasteiger partial charge is 0.243 e. The van der Waals surface area contributed by atoms with E-state index in [4.69, 9.17) is 11.6 Å². The Bertz CT molecular complexity index is 571. The third-order valence-corrected chi connectivity index (χ3v) is 6.12. The van der Waals surface area contributed by atoms with Crippen molar-refractivity contribution in [1.82, 2.24) is 9.21 Å². The monoisotopic (exact) mass is 330 g/mol. The molecule has 118 valence electrons. The van der Waals surface area contributed by atoms with Crippen LogP contribution >= 0.6 is 11.6 Å². The van der Waals surface area contributed by atoms with Crippen molar-refractivity contribution >= 4 is 21.6 Å². The minimum atomic E-state index is -3.39. The lowest BCUT2D eigenvalue weighted by molar-refractivity contribution is 0.0922. The lowest BCUT2D eigenvalue weighted by Gasteiger charge is -2.41. The largest absolute Gasteiger partial charge is 0.296 e. The summed E-state index contributed by atoms with van der Waals surface area (Å²) in [5, 5.41) is 0. The fourth-order valence-corrected chi connectivity index (χ4v) is 4.10. The van der Waals surface area contributed by atoms with Crippen molar-refractivity contribution in [3.8, 4) is 0 Å². The molecule has 1 saturated heterocycles. The Morgan fingerprint density at radius 3 is 2.00 bits per heavy atom. The molecule has 1 heterocycles. The van der Waals surface area contributed by atoms with Crippen LogP contribution < -0.4 is 0 Å². The first kappa shape index (κ1) is 16.7. The van der Waals surface area contributed by atoms with E-state index < -0.39 is 10.0 Å². The molecule has 0 bridgehead atoms. The van der Waals surface area contributed by atoms with Crippen molar-refractivity contribution in [3.05, 3.63) is 29.8 Å². The van der Waals surface area contributed by atoms with Crippen LogP contribution in [0.3, 0.4) is 0 Å². The van der Waals surface area contributed by atoms with Crippen LogP contribution in [0.5, 0.6) is 0 Å². The van der Waals surface area contributed by atoms with Crippen LogP contribution in [0.2, 0.25) is 0 Å². The number of benzene rings is 1. The molecule has 6 heteroatoms. The maximum absolute atomic E-state index is 12.6. The van der Waals surface area contributed by atoms with Crippen LogP contribution in [-0.4, -0.2) is 49.3 Å². The maximum Gasteiger partial charge on any atom is 0.243 e. The van der Waals surface area contributed by atoms with E-state index in [1.54, 1.807) is 28.6 Å². The van der Waals surface area contributed by atoms with E-state index in [1.807, 2.05) is 0 Å². The normalized spacial score (nSPS) is 18.9. The van der Waals surface area contributed by atoms with Crippen molar-refractivity contribution in [1.29, 1.82) is 0 Å². The molecule has 1 aromatic carbocycles. The molecule has 1 aliphatic heterocycles. The summed E-state index contributed by atoms with van der Waals surface area (Å²) >= 11 is 5.74. The average molecular weight is 331 g/mol. The Morgan fingerprint density at radius 2 is 1.57 bits per heavy atom. The van der Waals surface area contributed by atoms with Crippen LogP contribution in [-0.2, 0) is 15.9 Å². The highest BCUT2D eigenvalue weighted by Crippen LogP contribution is 2.21. The first-order valence-corrected chi connectivity index (χ1v) is 9.13. The van der Waals surface area contributed by atoms with E-state index in [1.165, 1.54) is 0 Å². The second-order valence-corrected chi connectivity index (χ2v) is 8.54. The van der Waals surface area contributed by atoms with Gasteiger partial charge in [-0.25, -0.2) is 8.42 Å². The van der Waals surface area contributed by atoms with Crippen molar-refractivity contribution < 1.29 is 8.42 Å². The Labute approximate surface area is 132 Å². The number of alkyl halides is 1. The van der Waals surface area contributed by atoms with Gasteiger partial charge in [-0.1, -0.05) is 12.1 Å². The molecule has 4 nitrogen and oxygen atoms in total. The molecular weight excluding hydrogens is 308 g/mol. The van der Waals surface area contributed by atoms with Gasteiger partial charge in [-0.3, -0.25) is 4.90 Å². The zero-order valence-electron chi connectivity index (χ0n) is 12.8. The second kappa shape index (κ2) is 6.24. The van der Waals surface area contributed by atoms with Gasteiger partial charge in [0.25, 0.3) is 0 Å². The Kier molecular flexibility index (Phi) is 4.98. The maximum atomic E-state index is 12.6. The Balaban J connectivity index is 2.11. The van der Waals surface area contributed by atoms with Gasteiger partial charge in [-0.15, -0.1) is 11.6 Å². The molecule has 0 saturated carbocycles.